The maximum Gasteiger partial charge on any atom is 0.138 e. The van der Waals surface area contributed by atoms with Crippen molar-refractivity contribution >= 4 is 22.1 Å². The van der Waals surface area contributed by atoms with E-state index in [1.54, 1.807) is 24.8 Å². The second-order valence-corrected chi connectivity index (χ2v) is 6.81. The van der Waals surface area contributed by atoms with Gasteiger partial charge in [0.1, 0.15) is 23.2 Å². The zero-order chi connectivity index (χ0) is 19.9. The first-order chi connectivity index (χ1) is 14.9. The first kappa shape index (κ1) is 16.5. The Morgan fingerprint density at radius 3 is 2.63 bits per heavy atom. The third-order valence-electron chi connectivity index (χ3n) is 4.99. The normalized spacial score (nSPS) is 11.3. The van der Waals surface area contributed by atoms with Gasteiger partial charge >= 0.3 is 0 Å². The van der Waals surface area contributed by atoms with Crippen LogP contribution in [-0.4, -0.2) is 40.1 Å². The van der Waals surface area contributed by atoms with E-state index in [2.05, 4.69) is 35.1 Å². The number of nitrogens with zero attached hydrogens (tertiary/aromatic N) is 6. The first-order valence-corrected chi connectivity index (χ1v) is 9.37. The predicted octanol–water partition coefficient (Wildman–Crippen LogP) is 4.02. The molecule has 0 aliphatic heterocycles. The highest BCUT2D eigenvalue weighted by Gasteiger charge is 2.16. The van der Waals surface area contributed by atoms with Gasteiger partial charge in [-0.2, -0.15) is 5.10 Å². The molecule has 0 amide bonds. The monoisotopic (exact) mass is 390 g/mol. The van der Waals surface area contributed by atoms with Gasteiger partial charge in [-0.05, 0) is 36.4 Å². The fraction of sp³-hybridized carbons (Fsp3) is 0. The Balaban J connectivity index is 1.52. The fourth-order valence-corrected chi connectivity index (χ4v) is 3.58. The summed E-state index contributed by atoms with van der Waals surface area (Å²) in [6.07, 6.45) is 8.55. The van der Waals surface area contributed by atoms with Crippen molar-refractivity contribution in [2.45, 2.75) is 0 Å². The molecule has 0 radical (unpaired) electrons. The summed E-state index contributed by atoms with van der Waals surface area (Å²) in [6.45, 7) is 0. The quantitative estimate of drug-likeness (QED) is 0.472. The second-order valence-electron chi connectivity index (χ2n) is 6.81. The molecule has 142 valence electrons. The summed E-state index contributed by atoms with van der Waals surface area (Å²) in [5.74, 6) is 0. The van der Waals surface area contributed by atoms with E-state index in [0.29, 0.717) is 0 Å². The highest BCUT2D eigenvalue weighted by atomic mass is 15.1. The van der Waals surface area contributed by atoms with E-state index < -0.39 is 0 Å². The fourth-order valence-electron chi connectivity index (χ4n) is 3.58. The van der Waals surface area contributed by atoms with Crippen molar-refractivity contribution in [3.63, 3.8) is 0 Å². The minimum Gasteiger partial charge on any atom is -0.338 e. The molecule has 0 spiro atoms. The number of aromatic nitrogens is 8. The molecule has 6 aromatic heterocycles. The maximum atomic E-state index is 4.81. The van der Waals surface area contributed by atoms with Crippen LogP contribution in [0.5, 0.6) is 0 Å². The van der Waals surface area contributed by atoms with Crippen LogP contribution in [0, 0.1) is 0 Å². The van der Waals surface area contributed by atoms with Crippen LogP contribution < -0.4 is 0 Å². The molecule has 0 saturated heterocycles. The largest absolute Gasteiger partial charge is 0.338 e. The Kier molecular flexibility index (Phi) is 3.60. The molecule has 6 aromatic rings. The topological polar surface area (TPSA) is 109 Å². The van der Waals surface area contributed by atoms with Gasteiger partial charge in [-0.3, -0.25) is 10.1 Å². The number of aromatic amines is 2. The van der Waals surface area contributed by atoms with Crippen LogP contribution in [0.25, 0.3) is 56.0 Å². The third-order valence-corrected chi connectivity index (χ3v) is 4.99. The molecule has 6 heterocycles. The van der Waals surface area contributed by atoms with Crippen LogP contribution in [0.3, 0.4) is 0 Å². The molecule has 0 unspecified atom stereocenters. The number of H-pyrrole nitrogens is 2. The van der Waals surface area contributed by atoms with Crippen molar-refractivity contribution in [2.75, 3.05) is 0 Å². The van der Waals surface area contributed by atoms with Gasteiger partial charge in [0, 0.05) is 41.3 Å². The smallest absolute Gasteiger partial charge is 0.138 e. The average Bonchev–Trinajstić information content (AvgIpc) is 3.43. The van der Waals surface area contributed by atoms with Crippen LogP contribution in [0.15, 0.2) is 73.6 Å². The molecule has 0 bridgehead atoms. The molecular weight excluding hydrogens is 376 g/mol. The van der Waals surface area contributed by atoms with Crippen LogP contribution >= 0.6 is 0 Å². The molecule has 0 aliphatic rings. The van der Waals surface area contributed by atoms with Crippen molar-refractivity contribution in [1.29, 1.82) is 0 Å². The van der Waals surface area contributed by atoms with Crippen LogP contribution in [-0.2, 0) is 0 Å². The van der Waals surface area contributed by atoms with Crippen molar-refractivity contribution in [2.24, 2.45) is 0 Å². The van der Waals surface area contributed by atoms with Crippen molar-refractivity contribution < 1.29 is 0 Å². The molecule has 0 fully saturated rings. The summed E-state index contributed by atoms with van der Waals surface area (Å²) >= 11 is 0. The molecule has 8 heteroatoms. The summed E-state index contributed by atoms with van der Waals surface area (Å²) < 4.78 is 0. The van der Waals surface area contributed by atoms with Gasteiger partial charge in [-0.15, -0.1) is 0 Å². The van der Waals surface area contributed by atoms with Gasteiger partial charge in [-0.25, -0.2) is 19.9 Å². The van der Waals surface area contributed by atoms with E-state index in [0.717, 1.165) is 56.0 Å². The standard InChI is InChI=1S/C22H14N8/c1-2-7-25-17(3-1)14-6-8-26-22-15(14)9-19(28-22)21-20-18(29-30-21)5-4-16(27-20)13-10-23-12-24-11-13/h1-12H,(H,26,28)(H,29,30). The Bertz CT molecular complexity index is 1490. The van der Waals surface area contributed by atoms with Gasteiger partial charge in [0.25, 0.3) is 0 Å². The summed E-state index contributed by atoms with van der Waals surface area (Å²) in [4.78, 5) is 25.3. The number of pyridine rings is 3. The number of hydrogen-bond donors (Lipinski definition) is 2. The lowest BCUT2D eigenvalue weighted by atomic mass is 10.1. The Labute approximate surface area is 170 Å². The number of hydrogen-bond acceptors (Lipinski definition) is 6. The van der Waals surface area contributed by atoms with E-state index >= 15 is 0 Å². The zero-order valence-electron chi connectivity index (χ0n) is 15.6. The van der Waals surface area contributed by atoms with Crippen molar-refractivity contribution in [3.8, 4) is 33.9 Å². The summed E-state index contributed by atoms with van der Waals surface area (Å²) in [7, 11) is 0. The van der Waals surface area contributed by atoms with Gasteiger partial charge in [0.2, 0.25) is 0 Å². The third kappa shape index (κ3) is 2.62. The summed E-state index contributed by atoms with van der Waals surface area (Å²) in [6, 6.07) is 13.8. The highest BCUT2D eigenvalue weighted by molar-refractivity contribution is 5.98. The SMILES string of the molecule is c1ccc(-c2ccnc3[nH]c(-c4n[nH]c5ccc(-c6cncnc6)nc45)cc23)nc1. The highest BCUT2D eigenvalue weighted by Crippen LogP contribution is 2.32. The van der Waals surface area contributed by atoms with E-state index in [9.17, 15) is 0 Å². The molecule has 0 atom stereocenters. The van der Waals surface area contributed by atoms with Crippen LogP contribution in [0.2, 0.25) is 0 Å². The Hall–Kier alpha value is -4.46. The average molecular weight is 390 g/mol. The van der Waals surface area contributed by atoms with Gasteiger partial charge < -0.3 is 4.98 Å². The number of nitrogens with one attached hydrogen (secondary N) is 2. The molecule has 8 nitrogen and oxygen atoms in total. The minimum absolute atomic E-state index is 0.730. The summed E-state index contributed by atoms with van der Waals surface area (Å²) in [5, 5.41) is 8.55. The second kappa shape index (κ2) is 6.56. The summed E-state index contributed by atoms with van der Waals surface area (Å²) in [5.41, 5.74) is 7.50. The molecular formula is C22H14N8. The number of fused-ring (bicyclic) bond motifs is 2. The Morgan fingerprint density at radius 1 is 0.833 bits per heavy atom. The zero-order valence-corrected chi connectivity index (χ0v) is 15.6. The van der Waals surface area contributed by atoms with Gasteiger partial charge in [0.05, 0.1) is 22.6 Å². The molecule has 0 aromatic carbocycles. The van der Waals surface area contributed by atoms with Gasteiger partial charge in [-0.1, -0.05) is 6.07 Å². The van der Waals surface area contributed by atoms with E-state index in [1.165, 1.54) is 6.33 Å². The Morgan fingerprint density at radius 2 is 1.77 bits per heavy atom. The van der Waals surface area contributed by atoms with E-state index in [1.807, 2.05) is 42.5 Å². The molecule has 2 N–H and O–H groups in total. The van der Waals surface area contributed by atoms with Crippen molar-refractivity contribution in [3.05, 3.63) is 73.6 Å². The molecule has 6 rings (SSSR count). The number of rotatable bonds is 3. The molecule has 0 saturated carbocycles. The molecule has 0 aliphatic carbocycles. The van der Waals surface area contributed by atoms with Gasteiger partial charge in [0.15, 0.2) is 0 Å². The van der Waals surface area contributed by atoms with Crippen LogP contribution in [0.1, 0.15) is 0 Å². The lowest BCUT2D eigenvalue weighted by Crippen LogP contribution is -1.87. The predicted molar refractivity (Wildman–Crippen MR) is 113 cm³/mol. The molecule has 30 heavy (non-hydrogen) atoms. The minimum atomic E-state index is 0.730. The van der Waals surface area contributed by atoms with E-state index in [4.69, 9.17) is 4.98 Å². The maximum absolute atomic E-state index is 4.81. The first-order valence-electron chi connectivity index (χ1n) is 9.37. The lowest BCUT2D eigenvalue weighted by molar-refractivity contribution is 1.12. The van der Waals surface area contributed by atoms with Crippen molar-refractivity contribution in [1.82, 2.24) is 40.1 Å². The van der Waals surface area contributed by atoms with Crippen LogP contribution in [0.4, 0.5) is 0 Å². The lowest BCUT2D eigenvalue weighted by Gasteiger charge is -2.00. The van der Waals surface area contributed by atoms with E-state index in [-0.39, 0.29) is 0 Å².